The summed E-state index contributed by atoms with van der Waals surface area (Å²) in [7, 11) is 0. The van der Waals surface area contributed by atoms with Gasteiger partial charge < -0.3 is 5.32 Å². The number of halogens is 4. The first-order valence-corrected chi connectivity index (χ1v) is 9.81. The Labute approximate surface area is 176 Å². The number of aromatic amines is 1. The maximum Gasteiger partial charge on any atom is 0.277 e. The molecule has 0 aliphatic carbocycles. The monoisotopic (exact) mass is 519 g/mol. The van der Waals surface area contributed by atoms with Crippen LogP contribution in [0.25, 0.3) is 0 Å². The van der Waals surface area contributed by atoms with E-state index < -0.39 is 0 Å². The average Bonchev–Trinajstić information content (AvgIpc) is 3.05. The number of carbonyl (C=O) groups excluding carboxylic acids is 1. The third kappa shape index (κ3) is 3.69. The molecule has 0 fully saturated rings. The van der Waals surface area contributed by atoms with Crippen molar-refractivity contribution in [2.45, 2.75) is 20.4 Å². The Morgan fingerprint density at radius 3 is 2.50 bits per heavy atom. The molecule has 1 aromatic carbocycles. The van der Waals surface area contributed by atoms with Gasteiger partial charge in [0.05, 0.1) is 28.1 Å². The SMILES string of the molecule is Cc1nn(Cc2c(Cl)cccc2Cl)c(C)c1NC(=O)c1n[nH]c(Br)c1Br. The highest BCUT2D eigenvalue weighted by molar-refractivity contribution is 9.13. The lowest BCUT2D eigenvalue weighted by Crippen LogP contribution is -2.14. The van der Waals surface area contributed by atoms with Crippen molar-refractivity contribution in [1.29, 1.82) is 0 Å². The van der Waals surface area contributed by atoms with E-state index in [4.69, 9.17) is 23.2 Å². The van der Waals surface area contributed by atoms with E-state index in [2.05, 4.69) is 52.5 Å². The van der Waals surface area contributed by atoms with Crippen LogP contribution in [0.1, 0.15) is 27.4 Å². The predicted octanol–water partition coefficient (Wildman–Crippen LogP) is 5.36. The molecule has 0 bridgehead atoms. The van der Waals surface area contributed by atoms with Crippen molar-refractivity contribution in [2.24, 2.45) is 0 Å². The van der Waals surface area contributed by atoms with E-state index in [1.165, 1.54) is 0 Å². The molecule has 6 nitrogen and oxygen atoms in total. The maximum atomic E-state index is 12.5. The molecule has 1 amide bonds. The van der Waals surface area contributed by atoms with E-state index in [0.717, 1.165) is 11.3 Å². The molecule has 10 heteroatoms. The molecule has 136 valence electrons. The van der Waals surface area contributed by atoms with Crippen LogP contribution in [0.4, 0.5) is 5.69 Å². The summed E-state index contributed by atoms with van der Waals surface area (Å²) in [5, 5.41) is 15.2. The molecule has 0 saturated heterocycles. The van der Waals surface area contributed by atoms with Crippen molar-refractivity contribution in [3.63, 3.8) is 0 Å². The lowest BCUT2D eigenvalue weighted by Gasteiger charge is -2.09. The van der Waals surface area contributed by atoms with Crippen LogP contribution in [-0.4, -0.2) is 25.9 Å². The predicted molar refractivity (Wildman–Crippen MR) is 109 cm³/mol. The number of rotatable bonds is 4. The molecular weight excluding hydrogens is 509 g/mol. The number of H-pyrrole nitrogens is 1. The lowest BCUT2D eigenvalue weighted by molar-refractivity contribution is 0.102. The summed E-state index contributed by atoms with van der Waals surface area (Å²) in [6.45, 7) is 4.09. The molecule has 2 aromatic heterocycles. The van der Waals surface area contributed by atoms with Gasteiger partial charge in [0.15, 0.2) is 5.69 Å². The summed E-state index contributed by atoms with van der Waals surface area (Å²) >= 11 is 19.1. The molecule has 3 rings (SSSR count). The zero-order valence-corrected chi connectivity index (χ0v) is 18.4. The molecule has 26 heavy (non-hydrogen) atoms. The van der Waals surface area contributed by atoms with Crippen LogP contribution in [0.15, 0.2) is 27.3 Å². The van der Waals surface area contributed by atoms with Gasteiger partial charge in [-0.15, -0.1) is 0 Å². The van der Waals surface area contributed by atoms with Crippen molar-refractivity contribution >= 4 is 66.7 Å². The largest absolute Gasteiger partial charge is 0.317 e. The van der Waals surface area contributed by atoms with Crippen LogP contribution < -0.4 is 5.32 Å². The van der Waals surface area contributed by atoms with Gasteiger partial charge in [0.25, 0.3) is 5.91 Å². The van der Waals surface area contributed by atoms with Gasteiger partial charge in [-0.05, 0) is 57.8 Å². The minimum atomic E-state index is -0.347. The van der Waals surface area contributed by atoms with Crippen LogP contribution in [0, 0.1) is 13.8 Å². The van der Waals surface area contributed by atoms with Crippen molar-refractivity contribution in [3.8, 4) is 0 Å². The average molecular weight is 522 g/mol. The third-order valence-corrected chi connectivity index (χ3v) is 6.46. The van der Waals surface area contributed by atoms with Crippen molar-refractivity contribution in [1.82, 2.24) is 20.0 Å². The highest BCUT2D eigenvalue weighted by Gasteiger charge is 2.21. The molecule has 0 aliphatic rings. The van der Waals surface area contributed by atoms with Gasteiger partial charge >= 0.3 is 0 Å². The Hall–Kier alpha value is -1.35. The fourth-order valence-corrected chi connectivity index (χ4v) is 3.65. The highest BCUT2D eigenvalue weighted by atomic mass is 79.9. The minimum Gasteiger partial charge on any atom is -0.317 e. The van der Waals surface area contributed by atoms with Crippen LogP contribution in [0.5, 0.6) is 0 Å². The summed E-state index contributed by atoms with van der Waals surface area (Å²) in [5.41, 5.74) is 3.13. The first kappa shape index (κ1) is 19.4. The number of amides is 1. The second kappa shape index (κ2) is 7.72. The Bertz CT molecular complexity index is 979. The molecule has 0 atom stereocenters. The molecular formula is C16H13Br2Cl2N5O. The van der Waals surface area contributed by atoms with E-state index >= 15 is 0 Å². The standard InChI is InChI=1S/C16H13Br2Cl2N5O/c1-7-13(21-16(26)14-12(17)15(18)23-22-14)8(2)25(24-7)6-9-10(19)4-3-5-11(9)20/h3-5H,6H2,1-2H3,(H,21,26)(H,22,23). The number of carbonyl (C=O) groups is 1. The third-order valence-electron chi connectivity index (χ3n) is 3.87. The number of benzene rings is 1. The van der Waals surface area contributed by atoms with E-state index in [-0.39, 0.29) is 11.6 Å². The van der Waals surface area contributed by atoms with E-state index in [0.29, 0.717) is 37.0 Å². The Morgan fingerprint density at radius 1 is 1.27 bits per heavy atom. The molecule has 0 saturated carbocycles. The first-order valence-electron chi connectivity index (χ1n) is 7.47. The number of anilines is 1. The molecule has 2 heterocycles. The second-order valence-corrected chi connectivity index (χ2v) is 7.96. The summed E-state index contributed by atoms with van der Waals surface area (Å²) < 4.78 is 2.91. The quantitative estimate of drug-likeness (QED) is 0.485. The van der Waals surface area contributed by atoms with Gasteiger partial charge in [-0.2, -0.15) is 10.2 Å². The zero-order chi connectivity index (χ0) is 19.0. The number of aryl methyl sites for hydroxylation is 1. The number of nitrogens with one attached hydrogen (secondary N) is 2. The van der Waals surface area contributed by atoms with Gasteiger partial charge in [0, 0.05) is 15.6 Å². The smallest absolute Gasteiger partial charge is 0.277 e. The number of nitrogens with zero attached hydrogens (tertiary/aromatic N) is 3. The number of hydrogen-bond donors (Lipinski definition) is 2. The van der Waals surface area contributed by atoms with Crippen LogP contribution in [-0.2, 0) is 6.54 Å². The van der Waals surface area contributed by atoms with Gasteiger partial charge in [-0.3, -0.25) is 14.6 Å². The summed E-state index contributed by atoms with van der Waals surface area (Å²) in [6.07, 6.45) is 0. The van der Waals surface area contributed by atoms with Crippen molar-refractivity contribution in [2.75, 3.05) is 5.32 Å². The normalized spacial score (nSPS) is 11.0. The maximum absolute atomic E-state index is 12.5. The molecule has 0 radical (unpaired) electrons. The summed E-state index contributed by atoms with van der Waals surface area (Å²) in [6, 6.07) is 5.36. The lowest BCUT2D eigenvalue weighted by atomic mass is 10.2. The molecule has 3 aromatic rings. The van der Waals surface area contributed by atoms with E-state index in [1.807, 2.05) is 13.8 Å². The first-order chi connectivity index (χ1) is 12.3. The molecule has 0 aliphatic heterocycles. The van der Waals surface area contributed by atoms with Gasteiger partial charge in [0.1, 0.15) is 4.60 Å². The fraction of sp³-hybridized carbons (Fsp3) is 0.188. The highest BCUT2D eigenvalue weighted by Crippen LogP contribution is 2.29. The second-order valence-electron chi connectivity index (χ2n) is 5.56. The summed E-state index contributed by atoms with van der Waals surface area (Å²) in [5.74, 6) is -0.347. The Morgan fingerprint density at radius 2 is 1.92 bits per heavy atom. The topological polar surface area (TPSA) is 75.6 Å². The summed E-state index contributed by atoms with van der Waals surface area (Å²) in [4.78, 5) is 12.5. The molecule has 0 spiro atoms. The van der Waals surface area contributed by atoms with Gasteiger partial charge in [-0.1, -0.05) is 29.3 Å². The fourth-order valence-electron chi connectivity index (χ4n) is 2.50. The number of hydrogen-bond acceptors (Lipinski definition) is 3. The van der Waals surface area contributed by atoms with E-state index in [9.17, 15) is 4.79 Å². The van der Waals surface area contributed by atoms with Crippen molar-refractivity contribution in [3.05, 3.63) is 60.0 Å². The van der Waals surface area contributed by atoms with Gasteiger partial charge in [-0.25, -0.2) is 0 Å². The van der Waals surface area contributed by atoms with Crippen LogP contribution >= 0.6 is 55.1 Å². The van der Waals surface area contributed by atoms with Crippen LogP contribution in [0.2, 0.25) is 10.0 Å². The molecule has 2 N–H and O–H groups in total. The van der Waals surface area contributed by atoms with E-state index in [1.54, 1.807) is 22.9 Å². The van der Waals surface area contributed by atoms with Crippen molar-refractivity contribution < 1.29 is 4.79 Å². The molecule has 0 unspecified atom stereocenters. The Kier molecular flexibility index (Phi) is 5.76. The zero-order valence-electron chi connectivity index (χ0n) is 13.7. The van der Waals surface area contributed by atoms with Crippen LogP contribution in [0.3, 0.4) is 0 Å². The van der Waals surface area contributed by atoms with Gasteiger partial charge in [0.2, 0.25) is 0 Å². The Balaban J connectivity index is 1.89. The minimum absolute atomic E-state index is 0.248. The number of aromatic nitrogens is 4.